The lowest BCUT2D eigenvalue weighted by atomic mass is 10.0. The van der Waals surface area contributed by atoms with Crippen LogP contribution in [0.4, 0.5) is 10.1 Å². The van der Waals surface area contributed by atoms with Crippen LogP contribution in [0.2, 0.25) is 0 Å². The average molecular weight is 516 g/mol. The van der Waals surface area contributed by atoms with Gasteiger partial charge in [-0.3, -0.25) is 14.5 Å². The second-order valence-corrected chi connectivity index (χ2v) is 9.31. The Morgan fingerprint density at radius 1 is 1.05 bits per heavy atom. The molecule has 38 heavy (non-hydrogen) atoms. The van der Waals surface area contributed by atoms with Gasteiger partial charge in [0.15, 0.2) is 0 Å². The number of carbonyl (C=O) groups is 2. The van der Waals surface area contributed by atoms with Crippen molar-refractivity contribution in [3.05, 3.63) is 84.2 Å². The van der Waals surface area contributed by atoms with Crippen LogP contribution in [0.3, 0.4) is 0 Å². The predicted molar refractivity (Wildman–Crippen MR) is 142 cm³/mol. The van der Waals surface area contributed by atoms with Crippen LogP contribution in [0.15, 0.2) is 72.8 Å². The van der Waals surface area contributed by atoms with E-state index in [1.54, 1.807) is 42.5 Å². The molecule has 8 nitrogen and oxygen atoms in total. The molecule has 0 saturated heterocycles. The zero-order valence-corrected chi connectivity index (χ0v) is 21.2. The Labute approximate surface area is 220 Å². The highest BCUT2D eigenvalue weighted by Crippen LogP contribution is 2.36. The number of fused-ring (bicyclic) bond motifs is 1. The quantitative estimate of drug-likeness (QED) is 0.346. The van der Waals surface area contributed by atoms with E-state index in [4.69, 9.17) is 4.74 Å². The molecule has 1 aliphatic carbocycles. The Balaban J connectivity index is 1.62. The van der Waals surface area contributed by atoms with Crippen molar-refractivity contribution in [1.82, 2.24) is 20.3 Å². The molecule has 1 atom stereocenters. The minimum absolute atomic E-state index is 0.0184. The molecular weight excluding hydrogens is 485 g/mol. The Hall–Kier alpha value is -4.27. The number of carbonyl (C=O) groups excluding carboxylic acids is 2. The van der Waals surface area contributed by atoms with Crippen molar-refractivity contribution >= 4 is 28.5 Å². The molecule has 2 amide bonds. The van der Waals surface area contributed by atoms with Gasteiger partial charge in [-0.2, -0.15) is 0 Å². The number of ether oxygens (including phenoxy) is 1. The summed E-state index contributed by atoms with van der Waals surface area (Å²) in [5, 5.41) is 11.4. The fourth-order valence-corrected chi connectivity index (χ4v) is 5.03. The molecule has 0 aliphatic heterocycles. The van der Waals surface area contributed by atoms with Crippen molar-refractivity contribution in [2.75, 3.05) is 11.5 Å². The van der Waals surface area contributed by atoms with Gasteiger partial charge in [0.25, 0.3) is 0 Å². The molecule has 1 aliphatic rings. The summed E-state index contributed by atoms with van der Waals surface area (Å²) in [6, 6.07) is 19.1. The summed E-state index contributed by atoms with van der Waals surface area (Å²) in [5.41, 5.74) is 1.80. The topological polar surface area (TPSA) is 89.3 Å². The summed E-state index contributed by atoms with van der Waals surface area (Å²) >= 11 is 0. The molecule has 0 bridgehead atoms. The van der Waals surface area contributed by atoms with Gasteiger partial charge in [0, 0.05) is 11.6 Å². The maximum absolute atomic E-state index is 15.3. The van der Waals surface area contributed by atoms with Crippen molar-refractivity contribution in [2.24, 2.45) is 0 Å². The third-order valence-corrected chi connectivity index (χ3v) is 6.81. The van der Waals surface area contributed by atoms with E-state index in [1.807, 2.05) is 31.2 Å². The fourth-order valence-electron chi connectivity index (χ4n) is 5.03. The average Bonchev–Trinajstić information content (AvgIpc) is 3.59. The van der Waals surface area contributed by atoms with Crippen LogP contribution >= 0.6 is 0 Å². The molecule has 4 aromatic rings. The maximum Gasteiger partial charge on any atom is 0.249 e. The van der Waals surface area contributed by atoms with Crippen LogP contribution < -0.4 is 15.0 Å². The molecule has 196 valence electrons. The summed E-state index contributed by atoms with van der Waals surface area (Å²) < 4.78 is 22.6. The van der Waals surface area contributed by atoms with Gasteiger partial charge in [-0.15, -0.1) is 5.10 Å². The van der Waals surface area contributed by atoms with Gasteiger partial charge >= 0.3 is 0 Å². The number of nitrogens with one attached hydrogen (secondary N) is 1. The van der Waals surface area contributed by atoms with E-state index >= 15 is 4.39 Å². The number of nitrogens with zero attached hydrogens (tertiary/aromatic N) is 4. The number of para-hydroxylation sites is 3. The largest absolute Gasteiger partial charge is 0.492 e. The standard InChI is InChI=1S/C29H30FN5O3/c1-2-38-26-18-10-9-17-25(26)35(27(36)19-34-24-16-8-7-15-23(24)32-33-34)28(21-13-5-6-14-22(21)30)29(37)31-20-11-3-4-12-20/h5-10,13-18,20,28H,2-4,11-12,19H2,1H3,(H,31,37)/t28-/m0/s1. The highest BCUT2D eigenvalue weighted by atomic mass is 19.1. The van der Waals surface area contributed by atoms with Crippen LogP contribution in [-0.4, -0.2) is 39.5 Å². The third-order valence-electron chi connectivity index (χ3n) is 6.81. The maximum atomic E-state index is 15.3. The van der Waals surface area contributed by atoms with Gasteiger partial charge in [-0.1, -0.05) is 60.5 Å². The van der Waals surface area contributed by atoms with Crippen LogP contribution in [0, 0.1) is 5.82 Å². The second-order valence-electron chi connectivity index (χ2n) is 9.31. The number of benzene rings is 3. The van der Waals surface area contributed by atoms with Gasteiger partial charge in [-0.25, -0.2) is 9.07 Å². The van der Waals surface area contributed by atoms with E-state index in [0.29, 0.717) is 29.1 Å². The van der Waals surface area contributed by atoms with E-state index in [1.165, 1.54) is 15.6 Å². The van der Waals surface area contributed by atoms with E-state index in [-0.39, 0.29) is 18.2 Å². The van der Waals surface area contributed by atoms with E-state index < -0.39 is 23.7 Å². The molecule has 1 N–H and O–H groups in total. The van der Waals surface area contributed by atoms with Crippen molar-refractivity contribution < 1.29 is 18.7 Å². The van der Waals surface area contributed by atoms with Gasteiger partial charge in [0.1, 0.15) is 29.7 Å². The number of anilines is 1. The smallest absolute Gasteiger partial charge is 0.249 e. The monoisotopic (exact) mass is 515 g/mol. The molecule has 0 spiro atoms. The van der Waals surface area contributed by atoms with Gasteiger partial charge < -0.3 is 10.1 Å². The minimum Gasteiger partial charge on any atom is -0.492 e. The first-order valence-corrected chi connectivity index (χ1v) is 12.9. The molecule has 1 heterocycles. The van der Waals surface area contributed by atoms with Crippen LogP contribution in [-0.2, 0) is 16.1 Å². The van der Waals surface area contributed by atoms with Crippen molar-refractivity contribution in [3.63, 3.8) is 0 Å². The Bertz CT molecular complexity index is 1430. The minimum atomic E-state index is -1.26. The van der Waals surface area contributed by atoms with Crippen molar-refractivity contribution in [1.29, 1.82) is 0 Å². The summed E-state index contributed by atoms with van der Waals surface area (Å²) in [5.74, 6) is -1.05. The van der Waals surface area contributed by atoms with Gasteiger partial charge in [0.05, 0.1) is 17.8 Å². The number of halogens is 1. The summed E-state index contributed by atoms with van der Waals surface area (Å²) in [7, 11) is 0. The Morgan fingerprint density at radius 3 is 2.55 bits per heavy atom. The molecule has 1 fully saturated rings. The summed E-state index contributed by atoms with van der Waals surface area (Å²) in [4.78, 5) is 29.4. The van der Waals surface area contributed by atoms with Crippen molar-refractivity contribution in [3.8, 4) is 5.75 Å². The lowest BCUT2D eigenvalue weighted by molar-refractivity contribution is -0.127. The number of aromatic nitrogens is 3. The Morgan fingerprint density at radius 2 is 1.76 bits per heavy atom. The normalized spacial score (nSPS) is 14.4. The number of hydrogen-bond donors (Lipinski definition) is 1. The third kappa shape index (κ3) is 5.22. The van der Waals surface area contributed by atoms with Gasteiger partial charge in [-0.05, 0) is 50.1 Å². The molecule has 5 rings (SSSR count). The van der Waals surface area contributed by atoms with Crippen LogP contribution in [0.25, 0.3) is 11.0 Å². The number of hydrogen-bond acceptors (Lipinski definition) is 5. The summed E-state index contributed by atoms with van der Waals surface area (Å²) in [6.45, 7) is 1.99. The molecule has 1 saturated carbocycles. The highest BCUT2D eigenvalue weighted by molar-refractivity contribution is 6.02. The highest BCUT2D eigenvalue weighted by Gasteiger charge is 2.37. The van der Waals surface area contributed by atoms with Crippen LogP contribution in [0.1, 0.15) is 44.2 Å². The SMILES string of the molecule is CCOc1ccccc1N(C(=O)Cn1nnc2ccccc21)[C@H](C(=O)NC1CCCC1)c1ccccc1F. The van der Waals surface area contributed by atoms with E-state index in [0.717, 1.165) is 25.7 Å². The first-order valence-electron chi connectivity index (χ1n) is 12.9. The number of amides is 2. The van der Waals surface area contributed by atoms with Crippen molar-refractivity contribution in [2.45, 2.75) is 51.2 Å². The summed E-state index contributed by atoms with van der Waals surface area (Å²) in [6.07, 6.45) is 3.74. The Kier molecular flexibility index (Phi) is 7.62. The van der Waals surface area contributed by atoms with Crippen LogP contribution in [0.5, 0.6) is 5.75 Å². The lowest BCUT2D eigenvalue weighted by Gasteiger charge is -2.33. The van der Waals surface area contributed by atoms with E-state index in [2.05, 4.69) is 15.6 Å². The first kappa shape index (κ1) is 25.4. The zero-order chi connectivity index (χ0) is 26.5. The molecular formula is C29H30FN5O3. The van der Waals surface area contributed by atoms with Gasteiger partial charge in [0.2, 0.25) is 11.8 Å². The molecule has 1 aromatic heterocycles. The predicted octanol–water partition coefficient (Wildman–Crippen LogP) is 4.80. The number of rotatable bonds is 9. The molecule has 9 heteroatoms. The molecule has 0 radical (unpaired) electrons. The lowest BCUT2D eigenvalue weighted by Crippen LogP contribution is -2.47. The molecule has 0 unspecified atom stereocenters. The second kappa shape index (κ2) is 11.4. The fraction of sp³-hybridized carbons (Fsp3) is 0.310. The molecule has 3 aromatic carbocycles. The first-order chi connectivity index (χ1) is 18.6. The zero-order valence-electron chi connectivity index (χ0n) is 21.2. The van der Waals surface area contributed by atoms with E-state index in [9.17, 15) is 9.59 Å².